The topological polar surface area (TPSA) is 32.3 Å². The van der Waals surface area contributed by atoms with Gasteiger partial charge in [0.25, 0.3) is 0 Å². The summed E-state index contributed by atoms with van der Waals surface area (Å²) in [7, 11) is 0. The highest BCUT2D eigenvalue weighted by Crippen LogP contribution is 2.27. The second kappa shape index (κ2) is 7.65. The number of carbonyl (C=O) groups is 1. The van der Waals surface area contributed by atoms with E-state index in [0.29, 0.717) is 23.9 Å². The van der Waals surface area contributed by atoms with E-state index in [4.69, 9.17) is 0 Å². The largest absolute Gasteiger partial charge is 0.341 e. The van der Waals surface area contributed by atoms with Crippen LogP contribution in [0, 0.1) is 5.92 Å². The Morgan fingerprint density at radius 1 is 0.950 bits per heavy atom. The number of carbonyl (C=O) groups excluding carboxylic acids is 1. The number of amides is 1. The Morgan fingerprint density at radius 2 is 1.65 bits per heavy atom. The number of hydrogen-bond donors (Lipinski definition) is 1. The molecule has 1 saturated carbocycles. The zero-order chi connectivity index (χ0) is 13.1. The van der Waals surface area contributed by atoms with Gasteiger partial charge in [-0.25, -0.2) is 0 Å². The molecule has 0 spiro atoms. The third-order valence-electron chi connectivity index (χ3n) is 5.31. The van der Waals surface area contributed by atoms with Crippen LogP contribution in [0.5, 0.6) is 0 Å². The molecule has 0 radical (unpaired) electrons. The van der Waals surface area contributed by atoms with Crippen molar-refractivity contribution in [1.82, 2.24) is 10.2 Å². The van der Waals surface area contributed by atoms with Crippen molar-refractivity contribution in [3.8, 4) is 0 Å². The van der Waals surface area contributed by atoms with Crippen molar-refractivity contribution in [3.05, 3.63) is 0 Å². The van der Waals surface area contributed by atoms with Crippen LogP contribution in [0.3, 0.4) is 0 Å². The molecule has 2 heterocycles. The number of rotatable bonds is 2. The van der Waals surface area contributed by atoms with Gasteiger partial charge >= 0.3 is 0 Å². The lowest BCUT2D eigenvalue weighted by atomic mass is 9.95. The van der Waals surface area contributed by atoms with Gasteiger partial charge in [-0.15, -0.1) is 12.4 Å². The van der Waals surface area contributed by atoms with Crippen molar-refractivity contribution in [2.24, 2.45) is 5.92 Å². The van der Waals surface area contributed by atoms with E-state index in [1.54, 1.807) is 0 Å². The Balaban J connectivity index is 0.00000147. The average Bonchev–Trinajstić information content (AvgIpc) is 2.60. The minimum Gasteiger partial charge on any atom is -0.341 e. The fourth-order valence-electron chi connectivity index (χ4n) is 4.11. The first-order valence-corrected chi connectivity index (χ1v) is 8.35. The van der Waals surface area contributed by atoms with Gasteiger partial charge in [-0.2, -0.15) is 0 Å². The quantitative estimate of drug-likeness (QED) is 0.795. The maximum absolute atomic E-state index is 12.5. The molecule has 116 valence electrons. The van der Waals surface area contributed by atoms with Gasteiger partial charge in [0.05, 0.1) is 0 Å². The highest BCUT2D eigenvalue weighted by atomic mass is 35.5. The average molecular weight is 301 g/mol. The predicted molar refractivity (Wildman–Crippen MR) is 84.2 cm³/mol. The van der Waals surface area contributed by atoms with E-state index in [9.17, 15) is 4.79 Å². The van der Waals surface area contributed by atoms with Crippen LogP contribution >= 0.6 is 12.4 Å². The lowest BCUT2D eigenvalue weighted by molar-refractivity contribution is -0.132. The Hall–Kier alpha value is -0.280. The van der Waals surface area contributed by atoms with Gasteiger partial charge in [-0.1, -0.05) is 25.7 Å². The molecule has 2 atom stereocenters. The molecule has 4 heteroatoms. The molecule has 1 aliphatic carbocycles. The minimum absolute atomic E-state index is 0. The molecule has 3 nitrogen and oxygen atoms in total. The maximum atomic E-state index is 12.5. The second-order valence-corrected chi connectivity index (χ2v) is 6.83. The summed E-state index contributed by atoms with van der Waals surface area (Å²) in [6.07, 6.45) is 12.5. The fourth-order valence-corrected chi connectivity index (χ4v) is 4.11. The summed E-state index contributed by atoms with van der Waals surface area (Å²) in [6, 6.07) is 1.26. The Bertz CT molecular complexity index is 316. The first kappa shape index (κ1) is 16.1. The van der Waals surface area contributed by atoms with Gasteiger partial charge in [-0.05, 0) is 38.0 Å². The smallest absolute Gasteiger partial charge is 0.222 e. The summed E-state index contributed by atoms with van der Waals surface area (Å²) < 4.78 is 0. The molecule has 0 aromatic rings. The van der Waals surface area contributed by atoms with Crippen molar-refractivity contribution in [1.29, 1.82) is 0 Å². The Labute approximate surface area is 129 Å². The van der Waals surface area contributed by atoms with E-state index >= 15 is 0 Å². The summed E-state index contributed by atoms with van der Waals surface area (Å²) in [5.41, 5.74) is 0. The van der Waals surface area contributed by atoms with Gasteiger partial charge in [0.15, 0.2) is 0 Å². The molecule has 2 bridgehead atoms. The third-order valence-corrected chi connectivity index (χ3v) is 5.31. The van der Waals surface area contributed by atoms with Crippen molar-refractivity contribution in [2.75, 3.05) is 13.1 Å². The number of nitrogens with zero attached hydrogens (tertiary/aromatic N) is 1. The van der Waals surface area contributed by atoms with Crippen molar-refractivity contribution >= 4 is 18.3 Å². The van der Waals surface area contributed by atoms with Crippen LogP contribution < -0.4 is 5.32 Å². The summed E-state index contributed by atoms with van der Waals surface area (Å²) in [5.74, 6) is 1.10. The Kier molecular flexibility index (Phi) is 6.16. The number of likely N-dealkylation sites (tertiary alicyclic amines) is 1. The molecule has 3 fully saturated rings. The molecular formula is C16H29ClN2O. The molecule has 3 aliphatic rings. The standard InChI is InChI=1S/C16H28N2O.ClH/c19-16(11-13-5-3-1-2-4-6-13)18-10-9-14-7-8-15(12-18)17-14;/h13-15,17H,1-12H2;1H. The lowest BCUT2D eigenvalue weighted by Crippen LogP contribution is -2.39. The van der Waals surface area contributed by atoms with Gasteiger partial charge in [0.1, 0.15) is 0 Å². The maximum Gasteiger partial charge on any atom is 0.222 e. The van der Waals surface area contributed by atoms with Crippen LogP contribution in [-0.4, -0.2) is 36.0 Å². The highest BCUT2D eigenvalue weighted by molar-refractivity contribution is 5.85. The minimum atomic E-state index is 0. The first-order chi connectivity index (χ1) is 9.31. The van der Waals surface area contributed by atoms with E-state index in [1.165, 1.54) is 51.4 Å². The zero-order valence-corrected chi connectivity index (χ0v) is 13.3. The first-order valence-electron chi connectivity index (χ1n) is 8.35. The van der Waals surface area contributed by atoms with Crippen LogP contribution in [0.2, 0.25) is 0 Å². The monoisotopic (exact) mass is 300 g/mol. The van der Waals surface area contributed by atoms with Crippen LogP contribution in [0.25, 0.3) is 0 Å². The zero-order valence-electron chi connectivity index (χ0n) is 12.5. The summed E-state index contributed by atoms with van der Waals surface area (Å²) in [4.78, 5) is 14.7. The molecular weight excluding hydrogens is 272 g/mol. The molecule has 2 aliphatic heterocycles. The van der Waals surface area contributed by atoms with E-state index in [0.717, 1.165) is 25.9 Å². The fraction of sp³-hybridized carbons (Fsp3) is 0.938. The van der Waals surface area contributed by atoms with E-state index in [1.807, 2.05) is 0 Å². The number of nitrogens with one attached hydrogen (secondary N) is 1. The van der Waals surface area contributed by atoms with Gasteiger partial charge in [0, 0.05) is 31.6 Å². The SMILES string of the molecule is Cl.O=C(CC1CCCCCC1)N1CCC2CCC(C1)N2. The highest BCUT2D eigenvalue weighted by Gasteiger charge is 2.31. The molecule has 1 amide bonds. The van der Waals surface area contributed by atoms with Crippen molar-refractivity contribution < 1.29 is 4.79 Å². The van der Waals surface area contributed by atoms with Crippen LogP contribution in [0.1, 0.15) is 64.2 Å². The molecule has 3 rings (SSSR count). The van der Waals surface area contributed by atoms with Crippen LogP contribution in [-0.2, 0) is 4.79 Å². The molecule has 0 aromatic carbocycles. The van der Waals surface area contributed by atoms with Crippen LogP contribution in [0.4, 0.5) is 0 Å². The molecule has 1 N–H and O–H groups in total. The number of halogens is 1. The van der Waals surface area contributed by atoms with E-state index in [2.05, 4.69) is 10.2 Å². The molecule has 2 unspecified atom stereocenters. The van der Waals surface area contributed by atoms with E-state index < -0.39 is 0 Å². The van der Waals surface area contributed by atoms with Gasteiger partial charge < -0.3 is 10.2 Å². The predicted octanol–water partition coefficient (Wildman–Crippen LogP) is 3.12. The third kappa shape index (κ3) is 4.11. The number of hydrogen-bond acceptors (Lipinski definition) is 2. The van der Waals surface area contributed by atoms with E-state index in [-0.39, 0.29) is 12.4 Å². The van der Waals surface area contributed by atoms with Gasteiger partial charge in [0.2, 0.25) is 5.91 Å². The van der Waals surface area contributed by atoms with Gasteiger partial charge in [-0.3, -0.25) is 4.79 Å². The second-order valence-electron chi connectivity index (χ2n) is 6.83. The molecule has 20 heavy (non-hydrogen) atoms. The lowest BCUT2D eigenvalue weighted by Gasteiger charge is -2.26. The van der Waals surface area contributed by atoms with Crippen molar-refractivity contribution in [3.63, 3.8) is 0 Å². The van der Waals surface area contributed by atoms with Crippen molar-refractivity contribution in [2.45, 2.75) is 76.3 Å². The number of fused-ring (bicyclic) bond motifs is 2. The summed E-state index contributed by atoms with van der Waals surface area (Å²) in [5, 5.41) is 3.66. The molecule has 2 saturated heterocycles. The normalized spacial score (nSPS) is 31.3. The summed E-state index contributed by atoms with van der Waals surface area (Å²) in [6.45, 7) is 1.95. The van der Waals surface area contributed by atoms with Crippen LogP contribution in [0.15, 0.2) is 0 Å². The Morgan fingerprint density at radius 3 is 2.40 bits per heavy atom. The molecule has 0 aromatic heterocycles. The summed E-state index contributed by atoms with van der Waals surface area (Å²) >= 11 is 0.